The van der Waals surface area contributed by atoms with Gasteiger partial charge in [0.15, 0.2) is 11.5 Å². The summed E-state index contributed by atoms with van der Waals surface area (Å²) in [4.78, 5) is 12.2. The normalized spacial score (nSPS) is 11.4. The third-order valence-corrected chi connectivity index (χ3v) is 4.47. The number of carbonyl (C=O) groups excluding carboxylic acids is 1. The molecule has 146 valence electrons. The molecule has 0 fully saturated rings. The smallest absolute Gasteiger partial charge is 0.315 e. The average Bonchev–Trinajstić information content (AvgIpc) is 2.67. The Kier molecular flexibility index (Phi) is 7.34. The van der Waals surface area contributed by atoms with E-state index in [4.69, 9.17) is 14.2 Å². The molecule has 0 aromatic heterocycles. The highest BCUT2D eigenvalue weighted by atomic mass is 16.5. The highest BCUT2D eigenvalue weighted by molar-refractivity contribution is 5.74. The minimum atomic E-state index is -0.204. The largest absolute Gasteiger partial charge is 0.493 e. The molecule has 0 aliphatic rings. The van der Waals surface area contributed by atoms with Crippen LogP contribution in [0, 0.1) is 6.92 Å². The number of ether oxygens (including phenoxy) is 3. The fraction of sp³-hybridized carbons (Fsp3) is 0.381. The van der Waals surface area contributed by atoms with Gasteiger partial charge in [-0.1, -0.05) is 30.3 Å². The van der Waals surface area contributed by atoms with Crippen molar-refractivity contribution in [1.82, 2.24) is 10.6 Å². The number of methoxy groups -OCH3 is 3. The Hall–Kier alpha value is -2.89. The van der Waals surface area contributed by atoms with Gasteiger partial charge in [-0.3, -0.25) is 0 Å². The predicted octanol–water partition coefficient (Wildman–Crippen LogP) is 3.62. The first-order chi connectivity index (χ1) is 13.0. The first kappa shape index (κ1) is 20.4. The molecule has 2 N–H and O–H groups in total. The van der Waals surface area contributed by atoms with Gasteiger partial charge in [-0.05, 0) is 37.5 Å². The van der Waals surface area contributed by atoms with Crippen molar-refractivity contribution < 1.29 is 19.0 Å². The zero-order valence-electron chi connectivity index (χ0n) is 16.6. The Balaban J connectivity index is 1.94. The summed E-state index contributed by atoms with van der Waals surface area (Å²) in [5.41, 5.74) is 3.19. The summed E-state index contributed by atoms with van der Waals surface area (Å²) in [5, 5.41) is 5.86. The molecule has 0 saturated heterocycles. The number of urea groups is 1. The molecule has 0 spiro atoms. The van der Waals surface area contributed by atoms with Crippen molar-refractivity contribution in [3.8, 4) is 17.2 Å². The molecule has 0 heterocycles. The lowest BCUT2D eigenvalue weighted by atomic mass is 10.0. The molecular formula is C21H28N2O4. The summed E-state index contributed by atoms with van der Waals surface area (Å²) in [6, 6.07) is 11.5. The first-order valence-corrected chi connectivity index (χ1v) is 8.89. The van der Waals surface area contributed by atoms with Crippen LogP contribution in [0.5, 0.6) is 17.2 Å². The van der Waals surface area contributed by atoms with Crippen molar-refractivity contribution in [1.29, 1.82) is 0 Å². The molecule has 1 atom stereocenters. The van der Waals surface area contributed by atoms with Crippen LogP contribution in [0.25, 0.3) is 0 Å². The molecule has 6 nitrogen and oxygen atoms in total. The quantitative estimate of drug-likeness (QED) is 0.743. The van der Waals surface area contributed by atoms with Crippen molar-refractivity contribution >= 4 is 6.03 Å². The number of aryl methyl sites for hydroxylation is 1. The van der Waals surface area contributed by atoms with Gasteiger partial charge in [0.1, 0.15) is 0 Å². The molecular weight excluding hydrogens is 344 g/mol. The van der Waals surface area contributed by atoms with Crippen LogP contribution in [0.4, 0.5) is 4.79 Å². The van der Waals surface area contributed by atoms with Gasteiger partial charge in [0.25, 0.3) is 0 Å². The number of nitrogens with one attached hydrogen (secondary N) is 2. The Morgan fingerprint density at radius 2 is 1.70 bits per heavy atom. The zero-order valence-corrected chi connectivity index (χ0v) is 16.6. The molecule has 2 aromatic rings. The summed E-state index contributed by atoms with van der Waals surface area (Å²) in [6.45, 7) is 4.48. The Morgan fingerprint density at radius 1 is 1.00 bits per heavy atom. The molecule has 27 heavy (non-hydrogen) atoms. The molecule has 0 bridgehead atoms. The number of benzene rings is 2. The summed E-state index contributed by atoms with van der Waals surface area (Å²) < 4.78 is 16.1. The minimum absolute atomic E-state index is 0.0678. The SMILES string of the molecule is COc1ccc(CCNC(=O)NC(C)c2ccccc2C)c(OC)c1OC. The van der Waals surface area contributed by atoms with Crippen molar-refractivity contribution in [2.24, 2.45) is 0 Å². The van der Waals surface area contributed by atoms with Crippen molar-refractivity contribution in [3.63, 3.8) is 0 Å². The first-order valence-electron chi connectivity index (χ1n) is 8.89. The van der Waals surface area contributed by atoms with Gasteiger partial charge in [-0.25, -0.2) is 4.79 Å². The van der Waals surface area contributed by atoms with Gasteiger partial charge < -0.3 is 24.8 Å². The van der Waals surface area contributed by atoms with E-state index in [1.165, 1.54) is 0 Å². The van der Waals surface area contributed by atoms with E-state index in [9.17, 15) is 4.79 Å². The monoisotopic (exact) mass is 372 g/mol. The summed E-state index contributed by atoms with van der Waals surface area (Å²) in [5.74, 6) is 1.78. The summed E-state index contributed by atoms with van der Waals surface area (Å²) in [7, 11) is 4.74. The van der Waals surface area contributed by atoms with Crippen LogP contribution in [0.15, 0.2) is 36.4 Å². The predicted molar refractivity (Wildman–Crippen MR) is 106 cm³/mol. The van der Waals surface area contributed by atoms with Gasteiger partial charge in [0, 0.05) is 12.1 Å². The van der Waals surface area contributed by atoms with Gasteiger partial charge in [0.2, 0.25) is 5.75 Å². The Bertz CT molecular complexity index is 777. The lowest BCUT2D eigenvalue weighted by Gasteiger charge is -2.18. The number of carbonyl (C=O) groups is 1. The molecule has 1 unspecified atom stereocenters. The fourth-order valence-electron chi connectivity index (χ4n) is 3.07. The average molecular weight is 372 g/mol. The molecule has 2 rings (SSSR count). The zero-order chi connectivity index (χ0) is 19.8. The number of rotatable bonds is 8. The summed E-state index contributed by atoms with van der Waals surface area (Å²) in [6.07, 6.45) is 0.607. The lowest BCUT2D eigenvalue weighted by Crippen LogP contribution is -2.38. The highest BCUT2D eigenvalue weighted by Gasteiger charge is 2.16. The molecule has 0 aliphatic carbocycles. The van der Waals surface area contributed by atoms with Crippen molar-refractivity contribution in [2.75, 3.05) is 27.9 Å². The fourth-order valence-corrected chi connectivity index (χ4v) is 3.07. The van der Waals surface area contributed by atoms with Crippen molar-refractivity contribution in [2.45, 2.75) is 26.3 Å². The minimum Gasteiger partial charge on any atom is -0.493 e. The molecule has 2 aromatic carbocycles. The summed E-state index contributed by atoms with van der Waals surface area (Å²) >= 11 is 0. The second kappa shape index (κ2) is 9.71. The van der Waals surface area contributed by atoms with Crippen LogP contribution in [-0.4, -0.2) is 33.9 Å². The van der Waals surface area contributed by atoms with E-state index in [1.54, 1.807) is 21.3 Å². The lowest BCUT2D eigenvalue weighted by molar-refractivity contribution is 0.238. The molecule has 0 saturated carbocycles. The van der Waals surface area contributed by atoms with Gasteiger partial charge in [-0.15, -0.1) is 0 Å². The molecule has 0 radical (unpaired) electrons. The number of hydrogen-bond donors (Lipinski definition) is 2. The highest BCUT2D eigenvalue weighted by Crippen LogP contribution is 2.39. The van der Waals surface area contributed by atoms with E-state index in [0.29, 0.717) is 30.2 Å². The molecule has 0 aliphatic heterocycles. The Morgan fingerprint density at radius 3 is 2.33 bits per heavy atom. The molecule has 2 amide bonds. The van der Waals surface area contributed by atoms with Crippen LogP contribution < -0.4 is 24.8 Å². The van der Waals surface area contributed by atoms with E-state index in [-0.39, 0.29) is 12.1 Å². The van der Waals surface area contributed by atoms with E-state index in [2.05, 4.69) is 10.6 Å². The van der Waals surface area contributed by atoms with Crippen LogP contribution >= 0.6 is 0 Å². The van der Waals surface area contributed by atoms with Crippen LogP contribution in [0.2, 0.25) is 0 Å². The van der Waals surface area contributed by atoms with Gasteiger partial charge in [0.05, 0.1) is 27.4 Å². The van der Waals surface area contributed by atoms with Gasteiger partial charge in [-0.2, -0.15) is 0 Å². The van der Waals surface area contributed by atoms with E-state index in [0.717, 1.165) is 16.7 Å². The second-order valence-corrected chi connectivity index (χ2v) is 6.22. The third-order valence-electron chi connectivity index (χ3n) is 4.47. The maximum absolute atomic E-state index is 12.2. The maximum Gasteiger partial charge on any atom is 0.315 e. The maximum atomic E-state index is 12.2. The van der Waals surface area contributed by atoms with E-state index < -0.39 is 0 Å². The van der Waals surface area contributed by atoms with Crippen LogP contribution in [0.1, 0.15) is 29.7 Å². The number of amides is 2. The van der Waals surface area contributed by atoms with E-state index >= 15 is 0 Å². The van der Waals surface area contributed by atoms with Gasteiger partial charge >= 0.3 is 6.03 Å². The van der Waals surface area contributed by atoms with E-state index in [1.807, 2.05) is 50.2 Å². The van der Waals surface area contributed by atoms with Crippen LogP contribution in [-0.2, 0) is 6.42 Å². The Labute approximate surface area is 160 Å². The second-order valence-electron chi connectivity index (χ2n) is 6.22. The number of hydrogen-bond acceptors (Lipinski definition) is 4. The molecule has 6 heteroatoms. The topological polar surface area (TPSA) is 68.8 Å². The third kappa shape index (κ3) is 5.06. The van der Waals surface area contributed by atoms with Crippen molar-refractivity contribution in [3.05, 3.63) is 53.1 Å². The standard InChI is InChI=1S/C21H28N2O4/c1-14-8-6-7-9-17(14)15(2)23-21(24)22-13-12-16-10-11-18(25-3)20(27-5)19(16)26-4/h6-11,15H,12-13H2,1-5H3,(H2,22,23,24). The van der Waals surface area contributed by atoms with Crippen LogP contribution in [0.3, 0.4) is 0 Å².